The van der Waals surface area contributed by atoms with E-state index in [-0.39, 0.29) is 0 Å². The molecule has 0 unspecified atom stereocenters. The third-order valence-corrected chi connectivity index (χ3v) is 8.77. The number of hydrogen-bond donors (Lipinski definition) is 0. The van der Waals surface area contributed by atoms with Crippen LogP contribution >= 0.6 is 11.3 Å². The SMILES string of the molecule is c1ccc(-c2ccc3ccc(-c4cccc(-c5ccc6c(cnc7sc8ccccc8c76)c5)c4)cc3c2)cc1. The molecule has 0 amide bonds. The topological polar surface area (TPSA) is 12.9 Å². The first-order valence-corrected chi connectivity index (χ1v) is 14.0. The Hall–Kier alpha value is -4.79. The second-order valence-electron chi connectivity index (χ2n) is 10.1. The summed E-state index contributed by atoms with van der Waals surface area (Å²) in [5.74, 6) is 0. The number of fused-ring (bicyclic) bond motifs is 6. The van der Waals surface area contributed by atoms with Crippen LogP contribution in [0.5, 0.6) is 0 Å². The molecule has 39 heavy (non-hydrogen) atoms. The lowest BCUT2D eigenvalue weighted by Crippen LogP contribution is -1.85. The Balaban J connectivity index is 1.20. The van der Waals surface area contributed by atoms with Gasteiger partial charge in [0.05, 0.1) is 0 Å². The average molecular weight is 514 g/mol. The van der Waals surface area contributed by atoms with Crippen molar-refractivity contribution >= 4 is 53.2 Å². The van der Waals surface area contributed by atoms with E-state index in [1.165, 1.54) is 70.4 Å². The summed E-state index contributed by atoms with van der Waals surface area (Å²) in [7, 11) is 0. The largest absolute Gasteiger partial charge is 0.245 e. The van der Waals surface area contributed by atoms with Crippen molar-refractivity contribution in [3.8, 4) is 33.4 Å². The van der Waals surface area contributed by atoms with Gasteiger partial charge < -0.3 is 0 Å². The van der Waals surface area contributed by atoms with Crippen LogP contribution in [0.2, 0.25) is 0 Å². The molecule has 0 saturated heterocycles. The summed E-state index contributed by atoms with van der Waals surface area (Å²) in [5.41, 5.74) is 7.34. The summed E-state index contributed by atoms with van der Waals surface area (Å²) in [5, 5.41) is 7.50. The van der Waals surface area contributed by atoms with Gasteiger partial charge in [-0.15, -0.1) is 11.3 Å². The second-order valence-corrected chi connectivity index (χ2v) is 11.1. The summed E-state index contributed by atoms with van der Waals surface area (Å²) in [6.07, 6.45) is 2.02. The summed E-state index contributed by atoms with van der Waals surface area (Å²) in [6.45, 7) is 0. The first-order chi connectivity index (χ1) is 19.3. The Kier molecular flexibility index (Phi) is 5.07. The van der Waals surface area contributed by atoms with Crippen LogP contribution in [0.3, 0.4) is 0 Å². The van der Waals surface area contributed by atoms with Gasteiger partial charge in [-0.3, -0.25) is 0 Å². The molecule has 0 aliphatic rings. The minimum absolute atomic E-state index is 1.10. The quantitative estimate of drug-likeness (QED) is 0.229. The van der Waals surface area contributed by atoms with Crippen LogP contribution in [0.25, 0.3) is 75.2 Å². The van der Waals surface area contributed by atoms with Crippen molar-refractivity contribution in [1.29, 1.82) is 0 Å². The number of rotatable bonds is 3. The van der Waals surface area contributed by atoms with E-state index in [2.05, 4.69) is 133 Å². The molecule has 6 aromatic carbocycles. The zero-order valence-corrected chi connectivity index (χ0v) is 22.0. The van der Waals surface area contributed by atoms with Gasteiger partial charge in [0.15, 0.2) is 0 Å². The van der Waals surface area contributed by atoms with Gasteiger partial charge in [0, 0.05) is 27.1 Å². The summed E-state index contributed by atoms with van der Waals surface area (Å²) in [6, 6.07) is 48.3. The molecule has 0 spiro atoms. The fraction of sp³-hybridized carbons (Fsp3) is 0. The van der Waals surface area contributed by atoms with Crippen molar-refractivity contribution in [3.63, 3.8) is 0 Å². The average Bonchev–Trinajstić information content (AvgIpc) is 3.40. The molecule has 182 valence electrons. The second kappa shape index (κ2) is 8.90. The molecule has 0 aliphatic heterocycles. The summed E-state index contributed by atoms with van der Waals surface area (Å²) < 4.78 is 1.29. The summed E-state index contributed by atoms with van der Waals surface area (Å²) in [4.78, 5) is 5.92. The smallest absolute Gasteiger partial charge is 0.125 e. The zero-order valence-electron chi connectivity index (χ0n) is 21.1. The van der Waals surface area contributed by atoms with E-state index in [0.717, 1.165) is 4.83 Å². The third kappa shape index (κ3) is 3.80. The maximum absolute atomic E-state index is 4.82. The van der Waals surface area contributed by atoms with Gasteiger partial charge in [-0.25, -0.2) is 4.98 Å². The molecule has 2 heteroatoms. The van der Waals surface area contributed by atoms with Crippen molar-refractivity contribution in [2.75, 3.05) is 0 Å². The van der Waals surface area contributed by atoms with Crippen molar-refractivity contribution in [2.24, 2.45) is 0 Å². The van der Waals surface area contributed by atoms with Gasteiger partial charge in [0.2, 0.25) is 0 Å². The van der Waals surface area contributed by atoms with Gasteiger partial charge in [0.1, 0.15) is 4.83 Å². The number of nitrogens with zero attached hydrogens (tertiary/aromatic N) is 1. The van der Waals surface area contributed by atoms with E-state index >= 15 is 0 Å². The molecule has 0 saturated carbocycles. The molecule has 8 aromatic rings. The van der Waals surface area contributed by atoms with Crippen LogP contribution in [-0.2, 0) is 0 Å². The Morgan fingerprint density at radius 2 is 1.03 bits per heavy atom. The van der Waals surface area contributed by atoms with Crippen molar-refractivity contribution in [1.82, 2.24) is 4.98 Å². The molecule has 0 fully saturated rings. The maximum Gasteiger partial charge on any atom is 0.125 e. The van der Waals surface area contributed by atoms with Gasteiger partial charge in [-0.05, 0) is 79.9 Å². The fourth-order valence-electron chi connectivity index (χ4n) is 5.70. The molecule has 1 nitrogen and oxygen atoms in total. The van der Waals surface area contributed by atoms with E-state index in [0.29, 0.717) is 0 Å². The standard InChI is InChI=1S/C37H23NS/c1-2-7-24(8-3-1)28-15-13-25-14-16-29(21-31(25)20-28)26-9-6-10-27(19-26)30-17-18-33-32(22-30)23-38-37-36(33)34-11-4-5-12-35(34)39-37/h1-23H. The summed E-state index contributed by atoms with van der Waals surface area (Å²) >= 11 is 1.77. The minimum Gasteiger partial charge on any atom is -0.245 e. The van der Waals surface area contributed by atoms with Gasteiger partial charge in [-0.1, -0.05) is 103 Å². The van der Waals surface area contributed by atoms with Gasteiger partial charge >= 0.3 is 0 Å². The minimum atomic E-state index is 1.10. The highest BCUT2D eigenvalue weighted by Gasteiger charge is 2.11. The van der Waals surface area contributed by atoms with Crippen LogP contribution in [0, 0.1) is 0 Å². The molecular formula is C37H23NS. The molecule has 2 heterocycles. The van der Waals surface area contributed by atoms with Crippen LogP contribution in [0.1, 0.15) is 0 Å². The highest BCUT2D eigenvalue weighted by atomic mass is 32.1. The third-order valence-electron chi connectivity index (χ3n) is 7.70. The predicted octanol–water partition coefficient (Wildman–Crippen LogP) is 10.8. The Morgan fingerprint density at radius 1 is 0.410 bits per heavy atom. The van der Waals surface area contributed by atoms with E-state index in [1.807, 2.05) is 6.20 Å². The van der Waals surface area contributed by atoms with E-state index in [9.17, 15) is 0 Å². The van der Waals surface area contributed by atoms with E-state index < -0.39 is 0 Å². The molecule has 0 bridgehead atoms. The highest BCUT2D eigenvalue weighted by molar-refractivity contribution is 7.25. The molecule has 0 aliphatic carbocycles. The van der Waals surface area contributed by atoms with E-state index in [1.54, 1.807) is 11.3 Å². The van der Waals surface area contributed by atoms with Gasteiger partial charge in [0.25, 0.3) is 0 Å². The lowest BCUT2D eigenvalue weighted by Gasteiger charge is -2.10. The first-order valence-electron chi connectivity index (χ1n) is 13.2. The monoisotopic (exact) mass is 513 g/mol. The molecule has 8 rings (SSSR count). The van der Waals surface area contributed by atoms with Crippen molar-refractivity contribution in [2.45, 2.75) is 0 Å². The number of benzene rings is 6. The fourth-order valence-corrected chi connectivity index (χ4v) is 6.77. The highest BCUT2D eigenvalue weighted by Crippen LogP contribution is 2.38. The van der Waals surface area contributed by atoms with Crippen LogP contribution in [-0.4, -0.2) is 4.98 Å². The van der Waals surface area contributed by atoms with Crippen LogP contribution < -0.4 is 0 Å². The lowest BCUT2D eigenvalue weighted by atomic mass is 9.95. The van der Waals surface area contributed by atoms with Crippen molar-refractivity contribution in [3.05, 3.63) is 140 Å². The Bertz CT molecular complexity index is 2170. The number of thiophene rings is 1. The maximum atomic E-state index is 4.82. The van der Waals surface area contributed by atoms with Crippen molar-refractivity contribution < 1.29 is 0 Å². The lowest BCUT2D eigenvalue weighted by molar-refractivity contribution is 1.48. The number of pyridine rings is 1. The van der Waals surface area contributed by atoms with Crippen LogP contribution in [0.15, 0.2) is 140 Å². The number of hydrogen-bond acceptors (Lipinski definition) is 2. The van der Waals surface area contributed by atoms with E-state index in [4.69, 9.17) is 4.98 Å². The molecule has 2 aromatic heterocycles. The number of aromatic nitrogens is 1. The zero-order chi connectivity index (χ0) is 25.8. The van der Waals surface area contributed by atoms with Gasteiger partial charge in [-0.2, -0.15) is 0 Å². The molecule has 0 atom stereocenters. The van der Waals surface area contributed by atoms with Crippen LogP contribution in [0.4, 0.5) is 0 Å². The Morgan fingerprint density at radius 3 is 1.82 bits per heavy atom. The molecule has 0 radical (unpaired) electrons. The molecular weight excluding hydrogens is 490 g/mol. The normalized spacial score (nSPS) is 11.6. The molecule has 0 N–H and O–H groups in total. The predicted molar refractivity (Wildman–Crippen MR) is 168 cm³/mol. The Labute approximate surface area is 230 Å². The first kappa shape index (κ1) is 22.2.